The van der Waals surface area contributed by atoms with Gasteiger partial charge < -0.3 is 20.0 Å². The van der Waals surface area contributed by atoms with Gasteiger partial charge in [0.1, 0.15) is 11.6 Å². The number of nitrogens with zero attached hydrogens (tertiary/aromatic N) is 5. The van der Waals surface area contributed by atoms with Gasteiger partial charge in [0, 0.05) is 76.2 Å². The van der Waals surface area contributed by atoms with Crippen LogP contribution >= 0.6 is 0 Å². The van der Waals surface area contributed by atoms with E-state index in [0.717, 1.165) is 61.8 Å². The van der Waals surface area contributed by atoms with Crippen LogP contribution in [-0.4, -0.2) is 76.8 Å². The van der Waals surface area contributed by atoms with Gasteiger partial charge in [0.05, 0.1) is 5.69 Å². The molecule has 0 bridgehead atoms. The quantitative estimate of drug-likeness (QED) is 0.756. The van der Waals surface area contributed by atoms with Crippen molar-refractivity contribution in [1.29, 1.82) is 0 Å². The maximum atomic E-state index is 13.3. The monoisotopic (exact) mass is 448 g/mol. The van der Waals surface area contributed by atoms with Crippen molar-refractivity contribution in [2.45, 2.75) is 44.7 Å². The molecule has 2 fully saturated rings. The van der Waals surface area contributed by atoms with E-state index in [-0.39, 0.29) is 17.7 Å². The molecule has 2 aromatic rings. The van der Waals surface area contributed by atoms with Crippen molar-refractivity contribution in [2.75, 3.05) is 45.6 Å². The van der Waals surface area contributed by atoms with Gasteiger partial charge in [0.2, 0.25) is 5.91 Å². The Morgan fingerprint density at radius 2 is 2.06 bits per heavy atom. The van der Waals surface area contributed by atoms with Crippen LogP contribution in [0, 0.1) is 0 Å². The molecule has 3 aliphatic heterocycles. The van der Waals surface area contributed by atoms with Gasteiger partial charge in [-0.2, -0.15) is 0 Å². The Bertz CT molecular complexity index is 1050. The van der Waals surface area contributed by atoms with Gasteiger partial charge in [-0.3, -0.25) is 9.59 Å². The third kappa shape index (κ3) is 4.44. The molecule has 1 aromatic carbocycles. The van der Waals surface area contributed by atoms with Gasteiger partial charge in [-0.15, -0.1) is 0 Å². The summed E-state index contributed by atoms with van der Waals surface area (Å²) in [6, 6.07) is 7.72. The highest BCUT2D eigenvalue weighted by Gasteiger charge is 2.31. The average Bonchev–Trinajstić information content (AvgIpc) is 3.48. The number of likely N-dealkylation sites (N-methyl/N-ethyl adjacent to an activating group) is 1. The Hall–Kier alpha value is -3.00. The van der Waals surface area contributed by atoms with E-state index in [1.165, 1.54) is 5.56 Å². The minimum absolute atomic E-state index is 0.0422. The number of hydrogen-bond acceptors (Lipinski definition) is 6. The largest absolute Gasteiger partial charge is 0.373 e. The molecule has 3 aliphatic rings. The van der Waals surface area contributed by atoms with Gasteiger partial charge >= 0.3 is 0 Å². The summed E-state index contributed by atoms with van der Waals surface area (Å²) in [4.78, 5) is 41.1. The molecule has 1 N–H and O–H groups in total. The summed E-state index contributed by atoms with van der Waals surface area (Å²) in [7, 11) is 4.03. The number of carbonyl (C=O) groups is 2. The fraction of sp³-hybridized carbons (Fsp3) is 0.520. The van der Waals surface area contributed by atoms with Crippen LogP contribution in [0.25, 0.3) is 0 Å². The molecule has 8 heteroatoms. The highest BCUT2D eigenvalue weighted by molar-refractivity contribution is 5.94. The Morgan fingerprint density at radius 3 is 2.85 bits per heavy atom. The molecule has 1 atom stereocenters. The van der Waals surface area contributed by atoms with Crippen LogP contribution in [0.15, 0.2) is 24.3 Å². The van der Waals surface area contributed by atoms with Gasteiger partial charge in [0.25, 0.3) is 5.91 Å². The van der Waals surface area contributed by atoms with E-state index in [2.05, 4.69) is 17.3 Å². The lowest BCUT2D eigenvalue weighted by Crippen LogP contribution is -2.30. The minimum atomic E-state index is 0.0422. The second-order valence-electron chi connectivity index (χ2n) is 9.45. The molecule has 5 rings (SSSR count). The number of nitrogens with one attached hydrogen (secondary N) is 1. The van der Waals surface area contributed by atoms with E-state index in [1.54, 1.807) is 0 Å². The van der Waals surface area contributed by atoms with E-state index >= 15 is 0 Å². The maximum Gasteiger partial charge on any atom is 0.253 e. The molecule has 2 saturated heterocycles. The third-order valence-corrected chi connectivity index (χ3v) is 7.06. The van der Waals surface area contributed by atoms with Crippen molar-refractivity contribution in [3.05, 3.63) is 52.5 Å². The normalized spacial score (nSPS) is 20.9. The number of benzene rings is 1. The fourth-order valence-electron chi connectivity index (χ4n) is 5.19. The predicted octanol–water partition coefficient (Wildman–Crippen LogP) is 2.26. The first-order chi connectivity index (χ1) is 16.0. The van der Waals surface area contributed by atoms with Crippen molar-refractivity contribution >= 4 is 17.6 Å². The lowest BCUT2D eigenvalue weighted by Gasteiger charge is -2.26. The molecule has 0 radical (unpaired) electrons. The average molecular weight is 449 g/mol. The fourth-order valence-corrected chi connectivity index (χ4v) is 5.19. The number of carbonyl (C=O) groups excluding carboxylic acids is 2. The molecule has 2 amide bonds. The van der Waals surface area contributed by atoms with E-state index in [9.17, 15) is 9.59 Å². The van der Waals surface area contributed by atoms with Gasteiger partial charge in [-0.25, -0.2) is 9.97 Å². The van der Waals surface area contributed by atoms with Gasteiger partial charge in [-0.05, 0) is 37.6 Å². The van der Waals surface area contributed by atoms with Crippen LogP contribution in [0.5, 0.6) is 0 Å². The zero-order valence-electron chi connectivity index (χ0n) is 19.5. The summed E-state index contributed by atoms with van der Waals surface area (Å²) < 4.78 is 0. The summed E-state index contributed by atoms with van der Waals surface area (Å²) in [5.41, 5.74) is 4.02. The SMILES string of the molecule is CNc1nc([C@H]2CCN(C(=O)c3cccc(CN4CCCC4=O)c3)C2)nc2c1CN(C)CC2. The van der Waals surface area contributed by atoms with Crippen LogP contribution in [0.2, 0.25) is 0 Å². The number of hydrogen-bond donors (Lipinski definition) is 1. The number of aromatic nitrogens is 2. The molecule has 0 spiro atoms. The van der Waals surface area contributed by atoms with Crippen LogP contribution in [0.1, 0.15) is 58.2 Å². The van der Waals surface area contributed by atoms with Gasteiger partial charge in [-0.1, -0.05) is 12.1 Å². The predicted molar refractivity (Wildman–Crippen MR) is 126 cm³/mol. The molecule has 0 aliphatic carbocycles. The highest BCUT2D eigenvalue weighted by atomic mass is 16.2. The van der Waals surface area contributed by atoms with E-state index in [0.29, 0.717) is 31.6 Å². The first-order valence-electron chi connectivity index (χ1n) is 11.9. The standard InChI is InChI=1S/C25H32N6O2/c1-26-24-20-16-29(2)11-9-21(20)27-23(28-24)19-8-12-31(15-19)25(33)18-6-3-5-17(13-18)14-30-10-4-7-22(30)32/h3,5-6,13,19H,4,7-12,14-16H2,1-2H3,(H,26,27,28)/t19-/m0/s1. The van der Waals surface area contributed by atoms with Crippen molar-refractivity contribution in [1.82, 2.24) is 24.7 Å². The molecule has 1 aromatic heterocycles. The summed E-state index contributed by atoms with van der Waals surface area (Å²) in [6.45, 7) is 4.58. The van der Waals surface area contributed by atoms with Crippen LogP contribution in [0.4, 0.5) is 5.82 Å². The smallest absolute Gasteiger partial charge is 0.253 e. The Labute approximate surface area is 195 Å². The first kappa shape index (κ1) is 21.8. The summed E-state index contributed by atoms with van der Waals surface area (Å²) >= 11 is 0. The molecule has 0 saturated carbocycles. The number of amides is 2. The van der Waals surface area contributed by atoms with Crippen molar-refractivity contribution in [3.8, 4) is 0 Å². The molecular formula is C25H32N6O2. The second-order valence-corrected chi connectivity index (χ2v) is 9.45. The number of rotatable bonds is 5. The van der Waals surface area contributed by atoms with Crippen LogP contribution in [0.3, 0.4) is 0 Å². The molecule has 0 unspecified atom stereocenters. The Kier molecular flexibility index (Phi) is 6.01. The van der Waals surface area contributed by atoms with E-state index in [4.69, 9.17) is 9.97 Å². The number of anilines is 1. The minimum Gasteiger partial charge on any atom is -0.373 e. The Morgan fingerprint density at radius 1 is 1.18 bits per heavy atom. The zero-order chi connectivity index (χ0) is 22.9. The molecule has 8 nitrogen and oxygen atoms in total. The number of likely N-dealkylation sites (tertiary alicyclic amines) is 2. The summed E-state index contributed by atoms with van der Waals surface area (Å²) in [5, 5.41) is 3.25. The van der Waals surface area contributed by atoms with Gasteiger partial charge in [0.15, 0.2) is 0 Å². The highest BCUT2D eigenvalue weighted by Crippen LogP contribution is 2.30. The Balaban J connectivity index is 1.29. The first-order valence-corrected chi connectivity index (χ1v) is 11.9. The third-order valence-electron chi connectivity index (χ3n) is 7.06. The molecule has 33 heavy (non-hydrogen) atoms. The van der Waals surface area contributed by atoms with Crippen molar-refractivity contribution in [3.63, 3.8) is 0 Å². The summed E-state index contributed by atoms with van der Waals surface area (Å²) in [6.07, 6.45) is 3.35. The lowest BCUT2D eigenvalue weighted by atomic mass is 10.0. The van der Waals surface area contributed by atoms with Crippen LogP contribution < -0.4 is 5.32 Å². The molecule has 4 heterocycles. The van der Waals surface area contributed by atoms with Crippen molar-refractivity contribution in [2.24, 2.45) is 0 Å². The molecular weight excluding hydrogens is 416 g/mol. The topological polar surface area (TPSA) is 81.7 Å². The zero-order valence-corrected chi connectivity index (χ0v) is 19.5. The van der Waals surface area contributed by atoms with Crippen molar-refractivity contribution < 1.29 is 9.59 Å². The number of fused-ring (bicyclic) bond motifs is 1. The van der Waals surface area contributed by atoms with Crippen LogP contribution in [-0.2, 0) is 24.3 Å². The van der Waals surface area contributed by atoms with E-state index in [1.807, 2.05) is 41.1 Å². The summed E-state index contributed by atoms with van der Waals surface area (Å²) in [5.74, 6) is 2.15. The van der Waals surface area contributed by atoms with E-state index < -0.39 is 0 Å². The maximum absolute atomic E-state index is 13.3. The molecule has 174 valence electrons. The second kappa shape index (κ2) is 9.09. The lowest BCUT2D eigenvalue weighted by molar-refractivity contribution is -0.128.